The molecule has 0 amide bonds. The maximum absolute atomic E-state index is 12.9. The molecule has 0 N–H and O–H groups in total. The highest BCUT2D eigenvalue weighted by Crippen LogP contribution is 2.15. The van der Waals surface area contributed by atoms with Crippen LogP contribution in [0.3, 0.4) is 0 Å². The van der Waals surface area contributed by atoms with Crippen LogP contribution in [0.25, 0.3) is 0 Å². The normalized spacial score (nSPS) is 12.9. The van der Waals surface area contributed by atoms with E-state index in [1.165, 1.54) is 128 Å². The van der Waals surface area contributed by atoms with Crippen LogP contribution in [-0.2, 0) is 28.6 Å². The van der Waals surface area contributed by atoms with E-state index < -0.39 is 6.10 Å². The van der Waals surface area contributed by atoms with Gasteiger partial charge >= 0.3 is 17.9 Å². The van der Waals surface area contributed by atoms with E-state index in [0.717, 1.165) is 135 Å². The molecule has 6 heteroatoms. The Morgan fingerprint density at radius 3 is 0.810 bits per heavy atom. The van der Waals surface area contributed by atoms with E-state index in [-0.39, 0.29) is 31.1 Å². The molecule has 0 saturated heterocycles. The number of rotatable bonds is 59. The summed E-state index contributed by atoms with van der Waals surface area (Å²) in [6, 6.07) is 0. The molecule has 0 aromatic carbocycles. The minimum absolute atomic E-state index is 0.0912. The fraction of sp³-hybridized carbons (Fsp3) is 0.685. The highest BCUT2D eigenvalue weighted by Gasteiger charge is 2.19. The molecule has 0 aromatic rings. The first kappa shape index (κ1) is 74.8. The topological polar surface area (TPSA) is 78.9 Å². The molecule has 79 heavy (non-hydrogen) atoms. The summed E-state index contributed by atoms with van der Waals surface area (Å²) in [5.74, 6) is -0.916. The highest BCUT2D eigenvalue weighted by molar-refractivity contribution is 5.71. The van der Waals surface area contributed by atoms with E-state index in [0.29, 0.717) is 19.3 Å². The number of unbranched alkanes of at least 4 members (excludes halogenated alkanes) is 28. The minimum Gasteiger partial charge on any atom is -0.462 e. The fourth-order valence-electron chi connectivity index (χ4n) is 8.98. The van der Waals surface area contributed by atoms with Crippen LogP contribution >= 0.6 is 0 Å². The lowest BCUT2D eigenvalue weighted by Gasteiger charge is -2.18. The van der Waals surface area contributed by atoms with E-state index in [2.05, 4.69) is 142 Å². The molecule has 0 aliphatic carbocycles. The van der Waals surface area contributed by atoms with Gasteiger partial charge in [-0.2, -0.15) is 0 Å². The maximum Gasteiger partial charge on any atom is 0.306 e. The monoisotopic (exact) mass is 1090 g/mol. The summed E-state index contributed by atoms with van der Waals surface area (Å²) in [7, 11) is 0. The Labute approximate surface area is 488 Å². The van der Waals surface area contributed by atoms with Crippen molar-refractivity contribution in [2.75, 3.05) is 13.2 Å². The number of esters is 3. The van der Waals surface area contributed by atoms with Gasteiger partial charge in [0.15, 0.2) is 6.10 Å². The van der Waals surface area contributed by atoms with Crippen LogP contribution in [0.5, 0.6) is 0 Å². The van der Waals surface area contributed by atoms with E-state index in [9.17, 15) is 14.4 Å². The number of hydrogen-bond acceptors (Lipinski definition) is 6. The Bertz CT molecular complexity index is 1640. The van der Waals surface area contributed by atoms with E-state index >= 15 is 0 Å². The molecular weight excluding hydrogens is 973 g/mol. The summed E-state index contributed by atoms with van der Waals surface area (Å²) in [6.45, 7) is 6.49. The summed E-state index contributed by atoms with van der Waals surface area (Å²) in [5.41, 5.74) is 0. The fourth-order valence-corrected chi connectivity index (χ4v) is 8.98. The van der Waals surface area contributed by atoms with Crippen LogP contribution in [0.4, 0.5) is 0 Å². The standard InChI is InChI=1S/C73H122O6/c1-4-7-10-13-16-19-22-25-28-31-32-33-34-35-36-37-38-39-40-43-45-48-51-54-57-60-63-66-72(75)78-69-70(79-73(76)67-64-61-58-55-52-49-46-42-30-27-24-21-18-15-12-9-6-3)68-77-71(74)65-62-59-56-53-50-47-44-41-29-26-23-20-17-14-11-8-5-2/h7,10,16,18-19,21,25-30,32-33,35-36,38-39,43,45,70H,4-6,8-9,11-15,17,20,22-24,31,34,37,40-42,44,46-69H2,1-3H3/b10-7-,19-16-,21-18-,28-25-,29-26-,30-27-,33-32-,36-35-,39-38-,45-43-. The van der Waals surface area contributed by atoms with E-state index in [4.69, 9.17) is 14.2 Å². The molecule has 0 radical (unpaired) electrons. The number of hydrogen-bond donors (Lipinski definition) is 0. The van der Waals surface area contributed by atoms with Gasteiger partial charge in [0.1, 0.15) is 13.2 Å². The Morgan fingerprint density at radius 2 is 0.494 bits per heavy atom. The van der Waals surface area contributed by atoms with Gasteiger partial charge in [0.2, 0.25) is 0 Å². The zero-order chi connectivity index (χ0) is 57.1. The van der Waals surface area contributed by atoms with Crippen molar-refractivity contribution in [1.82, 2.24) is 0 Å². The molecule has 0 aromatic heterocycles. The third-order valence-electron chi connectivity index (χ3n) is 13.9. The number of carbonyl (C=O) groups excluding carboxylic acids is 3. The summed E-state index contributed by atoms with van der Waals surface area (Å²) < 4.78 is 16.9. The summed E-state index contributed by atoms with van der Waals surface area (Å²) in [6.07, 6.45) is 91.9. The zero-order valence-electron chi connectivity index (χ0n) is 51.6. The van der Waals surface area contributed by atoms with Gasteiger partial charge in [0, 0.05) is 19.3 Å². The second-order valence-electron chi connectivity index (χ2n) is 21.6. The molecule has 0 bridgehead atoms. The van der Waals surface area contributed by atoms with Gasteiger partial charge < -0.3 is 14.2 Å². The zero-order valence-corrected chi connectivity index (χ0v) is 51.6. The van der Waals surface area contributed by atoms with Gasteiger partial charge in [-0.25, -0.2) is 0 Å². The molecule has 0 rings (SSSR count). The molecule has 1 unspecified atom stereocenters. The molecule has 1 atom stereocenters. The molecule has 0 aliphatic rings. The second-order valence-corrected chi connectivity index (χ2v) is 21.6. The van der Waals surface area contributed by atoms with Crippen molar-refractivity contribution in [3.8, 4) is 0 Å². The summed E-state index contributed by atoms with van der Waals surface area (Å²) in [5, 5.41) is 0. The molecule has 450 valence electrons. The molecular formula is C73H122O6. The third kappa shape index (κ3) is 64.5. The van der Waals surface area contributed by atoms with Crippen molar-refractivity contribution in [3.63, 3.8) is 0 Å². The quantitative estimate of drug-likeness (QED) is 0.0261. The Balaban J connectivity index is 4.42. The van der Waals surface area contributed by atoms with Crippen molar-refractivity contribution in [3.05, 3.63) is 122 Å². The maximum atomic E-state index is 12.9. The molecule has 0 fully saturated rings. The smallest absolute Gasteiger partial charge is 0.306 e. The number of carbonyl (C=O) groups is 3. The van der Waals surface area contributed by atoms with Gasteiger partial charge in [-0.05, 0) is 135 Å². The number of ether oxygens (including phenoxy) is 3. The van der Waals surface area contributed by atoms with Crippen LogP contribution in [0.2, 0.25) is 0 Å². The van der Waals surface area contributed by atoms with Crippen LogP contribution < -0.4 is 0 Å². The van der Waals surface area contributed by atoms with Crippen molar-refractivity contribution < 1.29 is 28.6 Å². The first-order chi connectivity index (χ1) is 39.0. The predicted octanol–water partition coefficient (Wildman–Crippen LogP) is 22.8. The first-order valence-electron chi connectivity index (χ1n) is 33.0. The van der Waals surface area contributed by atoms with Gasteiger partial charge in [-0.1, -0.05) is 271 Å². The summed E-state index contributed by atoms with van der Waals surface area (Å²) >= 11 is 0. The Kier molecular flexibility index (Phi) is 62.8. The second kappa shape index (κ2) is 66.3. The van der Waals surface area contributed by atoms with Crippen molar-refractivity contribution in [1.29, 1.82) is 0 Å². The minimum atomic E-state index is -0.797. The predicted molar refractivity (Wildman–Crippen MR) is 343 cm³/mol. The molecule has 0 saturated carbocycles. The lowest BCUT2D eigenvalue weighted by molar-refractivity contribution is -0.167. The van der Waals surface area contributed by atoms with Gasteiger partial charge in [-0.3, -0.25) is 14.4 Å². The van der Waals surface area contributed by atoms with Crippen LogP contribution in [0.15, 0.2) is 122 Å². The Morgan fingerprint density at radius 1 is 0.266 bits per heavy atom. The lowest BCUT2D eigenvalue weighted by atomic mass is 10.1. The van der Waals surface area contributed by atoms with E-state index in [1.54, 1.807) is 0 Å². The highest BCUT2D eigenvalue weighted by atomic mass is 16.6. The molecule has 0 heterocycles. The van der Waals surface area contributed by atoms with Crippen LogP contribution in [0, 0.1) is 0 Å². The Hall–Kier alpha value is -4.19. The number of allylic oxidation sites excluding steroid dienone is 20. The van der Waals surface area contributed by atoms with Gasteiger partial charge in [0.05, 0.1) is 0 Å². The van der Waals surface area contributed by atoms with Crippen molar-refractivity contribution in [2.24, 2.45) is 0 Å². The van der Waals surface area contributed by atoms with Crippen LogP contribution in [0.1, 0.15) is 303 Å². The van der Waals surface area contributed by atoms with Crippen molar-refractivity contribution in [2.45, 2.75) is 309 Å². The SMILES string of the molecule is CC/C=C\C/C=C\C/C=C\C/C=C\C/C=C\C/C=C\C/C=C\CCCCCCCC(=O)OCC(COC(=O)CCCCCCCCC/C=C\CCCCCCCC)OC(=O)CCCCCCCCC/C=C\C/C=C\CCCCC. The first-order valence-corrected chi connectivity index (χ1v) is 33.0. The third-order valence-corrected chi connectivity index (χ3v) is 13.9. The average Bonchev–Trinajstić information content (AvgIpc) is 3.45. The van der Waals surface area contributed by atoms with Gasteiger partial charge in [0.25, 0.3) is 0 Å². The van der Waals surface area contributed by atoms with E-state index in [1.807, 2.05) is 0 Å². The molecule has 6 nitrogen and oxygen atoms in total. The molecule has 0 aliphatic heterocycles. The van der Waals surface area contributed by atoms with Crippen molar-refractivity contribution >= 4 is 17.9 Å². The van der Waals surface area contributed by atoms with Gasteiger partial charge in [-0.15, -0.1) is 0 Å². The van der Waals surface area contributed by atoms with Crippen LogP contribution in [-0.4, -0.2) is 37.2 Å². The lowest BCUT2D eigenvalue weighted by Crippen LogP contribution is -2.30. The largest absolute Gasteiger partial charge is 0.462 e. The average molecular weight is 1100 g/mol. The molecule has 0 spiro atoms. The summed E-state index contributed by atoms with van der Waals surface area (Å²) in [4.78, 5) is 38.4.